The second kappa shape index (κ2) is 21.3. The van der Waals surface area contributed by atoms with E-state index in [9.17, 15) is 0 Å². The maximum absolute atomic E-state index is 6.76. The minimum absolute atomic E-state index is 0.0637. The number of rotatable bonds is 9. The number of thiophene rings is 1. The van der Waals surface area contributed by atoms with Gasteiger partial charge in [0.15, 0.2) is 5.58 Å². The van der Waals surface area contributed by atoms with Crippen molar-refractivity contribution in [2.24, 2.45) is 0 Å². The van der Waals surface area contributed by atoms with Gasteiger partial charge in [0.2, 0.25) is 13.4 Å². The number of furan rings is 1. The van der Waals surface area contributed by atoms with Crippen molar-refractivity contribution in [2.75, 3.05) is 9.80 Å². The van der Waals surface area contributed by atoms with Crippen molar-refractivity contribution < 1.29 is 4.42 Å². The summed E-state index contributed by atoms with van der Waals surface area (Å²) < 4.78 is 9.35. The SMILES string of the molecule is c1ccc(-c2cccc(-c3ccc(-c4ccc(-c5cccc(-c6ccccc6)c5B5c6ccccc6N(c6cccc7c6sc6ccccc67)c6ccccc65)cc4)cc3)c2B2c3ccccc3N(c3cccc4c3oc3ccccc34)c3ccccc32)cc1. The van der Waals surface area contributed by atoms with E-state index in [1.54, 1.807) is 0 Å². The van der Waals surface area contributed by atoms with E-state index in [0.717, 1.165) is 44.6 Å². The van der Waals surface area contributed by atoms with Crippen LogP contribution in [-0.4, -0.2) is 13.4 Å². The lowest BCUT2D eigenvalue weighted by atomic mass is 9.33. The van der Waals surface area contributed by atoms with Gasteiger partial charge < -0.3 is 14.2 Å². The van der Waals surface area contributed by atoms with E-state index in [1.807, 2.05) is 17.4 Å². The van der Waals surface area contributed by atoms with Gasteiger partial charge in [0.25, 0.3) is 0 Å². The molecular weight excluding hydrogens is 1110 g/mol. The fourth-order valence-electron chi connectivity index (χ4n) is 15.0. The normalized spacial score (nSPS) is 12.6. The van der Waals surface area contributed by atoms with Gasteiger partial charge in [-0.3, -0.25) is 0 Å². The van der Waals surface area contributed by atoms with Crippen LogP contribution in [0.4, 0.5) is 34.1 Å². The van der Waals surface area contributed by atoms with Crippen molar-refractivity contribution in [3.05, 3.63) is 328 Å². The molecule has 418 valence electrons. The summed E-state index contributed by atoms with van der Waals surface area (Å²) in [5.41, 5.74) is 28.2. The molecular formula is C84H54B2N2OS. The highest BCUT2D eigenvalue weighted by molar-refractivity contribution is 7.26. The van der Waals surface area contributed by atoms with E-state index in [2.05, 4.69) is 331 Å². The first-order valence-electron chi connectivity index (χ1n) is 31.0. The Balaban J connectivity index is 0.739. The summed E-state index contributed by atoms with van der Waals surface area (Å²) in [5.74, 6) is 0. The Morgan fingerprint density at radius 2 is 0.589 bits per heavy atom. The zero-order chi connectivity index (χ0) is 59.2. The average Bonchev–Trinajstić information content (AvgIpc) is 0.897. The Hall–Kier alpha value is -11.2. The zero-order valence-electron chi connectivity index (χ0n) is 49.0. The molecule has 0 atom stereocenters. The molecule has 0 bridgehead atoms. The molecule has 3 nitrogen and oxygen atoms in total. The van der Waals surface area contributed by atoms with E-state index >= 15 is 0 Å². The van der Waals surface area contributed by atoms with Crippen molar-refractivity contribution in [3.8, 4) is 55.6 Å². The lowest BCUT2D eigenvalue weighted by Crippen LogP contribution is -2.58. The average molecular weight is 1160 g/mol. The van der Waals surface area contributed by atoms with Crippen LogP contribution in [0.1, 0.15) is 0 Å². The van der Waals surface area contributed by atoms with E-state index in [1.165, 1.54) is 120 Å². The summed E-state index contributed by atoms with van der Waals surface area (Å²) in [4.78, 5) is 4.95. The van der Waals surface area contributed by atoms with Crippen LogP contribution < -0.4 is 42.6 Å². The Bertz CT molecular complexity index is 5030. The number of fused-ring (bicyclic) bond motifs is 10. The van der Waals surface area contributed by atoms with Crippen molar-refractivity contribution in [1.82, 2.24) is 0 Å². The van der Waals surface area contributed by atoms with Crippen molar-refractivity contribution in [1.29, 1.82) is 0 Å². The molecule has 0 saturated carbocycles. The molecule has 2 aliphatic heterocycles. The van der Waals surface area contributed by atoms with Crippen LogP contribution in [0.5, 0.6) is 0 Å². The molecule has 0 radical (unpaired) electrons. The molecule has 16 aromatic rings. The van der Waals surface area contributed by atoms with Gasteiger partial charge in [-0.2, -0.15) is 0 Å². The highest BCUT2D eigenvalue weighted by Crippen LogP contribution is 2.47. The van der Waals surface area contributed by atoms with Crippen LogP contribution in [0, 0.1) is 0 Å². The Kier molecular flexibility index (Phi) is 12.3. The lowest BCUT2D eigenvalue weighted by Gasteiger charge is -2.38. The molecule has 18 rings (SSSR count). The van der Waals surface area contributed by atoms with Gasteiger partial charge in [-0.1, -0.05) is 290 Å². The summed E-state index contributed by atoms with van der Waals surface area (Å²) in [6, 6.07) is 121. The smallest absolute Gasteiger partial charge is 0.248 e. The fourth-order valence-corrected chi connectivity index (χ4v) is 16.2. The fraction of sp³-hybridized carbons (Fsp3) is 0. The number of nitrogens with zero attached hydrogens (tertiary/aromatic N) is 2. The Labute approximate surface area is 527 Å². The van der Waals surface area contributed by atoms with E-state index in [-0.39, 0.29) is 13.4 Å². The molecule has 0 fully saturated rings. The van der Waals surface area contributed by atoms with Crippen LogP contribution in [0.15, 0.2) is 332 Å². The molecule has 14 aromatic carbocycles. The molecule has 0 unspecified atom stereocenters. The van der Waals surface area contributed by atoms with Gasteiger partial charge in [0.1, 0.15) is 5.58 Å². The third-order valence-electron chi connectivity index (χ3n) is 18.9. The molecule has 0 aliphatic carbocycles. The van der Waals surface area contributed by atoms with Gasteiger partial charge in [-0.25, -0.2) is 0 Å². The van der Waals surface area contributed by atoms with Gasteiger partial charge in [0, 0.05) is 49.0 Å². The predicted molar refractivity (Wildman–Crippen MR) is 385 cm³/mol. The quantitative estimate of drug-likeness (QED) is 0.134. The maximum atomic E-state index is 6.76. The number of para-hydroxylation sites is 6. The molecule has 2 aliphatic rings. The molecule has 6 heteroatoms. The molecule has 0 amide bonds. The van der Waals surface area contributed by atoms with Gasteiger partial charge in [0.05, 0.1) is 16.1 Å². The highest BCUT2D eigenvalue weighted by atomic mass is 32.1. The standard InChI is InChI=1S/C84H54B2N2OS/c1-3-23-57(24-4-1)61-29-19-31-63(81(61)85-69-35-9-13-39-73(69)87(74-40-14-10-36-70(74)85)77-43-21-33-67-65-27-7-17-45-79(65)89-83(67)77)59-51-47-55(48-52-59)56-49-53-60(54-50-56)64-32-20-30-62(58-25-5-2-6-26-58)82(64)86-71-37-11-15-41-75(71)88(76-42-16-12-38-72(76)86)78-44-22-34-68-66-28-8-18-46-80(66)90-84(68)78/h1-54H. The number of hydrogen-bond donors (Lipinski definition) is 0. The van der Waals surface area contributed by atoms with Crippen molar-refractivity contribution in [3.63, 3.8) is 0 Å². The van der Waals surface area contributed by atoms with Crippen molar-refractivity contribution >= 4 is 134 Å². The summed E-state index contributed by atoms with van der Waals surface area (Å²) in [6.45, 7) is -0.157. The third kappa shape index (κ3) is 8.29. The molecule has 0 saturated heterocycles. The molecule has 4 heterocycles. The Morgan fingerprint density at radius 3 is 1.09 bits per heavy atom. The monoisotopic (exact) mass is 1160 g/mol. The predicted octanol–water partition coefficient (Wildman–Crippen LogP) is 18.9. The van der Waals surface area contributed by atoms with Crippen LogP contribution >= 0.6 is 11.3 Å². The zero-order valence-corrected chi connectivity index (χ0v) is 49.9. The van der Waals surface area contributed by atoms with Gasteiger partial charge in [-0.05, 0) is 126 Å². The van der Waals surface area contributed by atoms with E-state index in [0.29, 0.717) is 0 Å². The van der Waals surface area contributed by atoms with Gasteiger partial charge in [-0.15, -0.1) is 11.3 Å². The first-order valence-corrected chi connectivity index (χ1v) is 31.9. The molecule has 2 aromatic heterocycles. The van der Waals surface area contributed by atoms with Crippen LogP contribution in [0.2, 0.25) is 0 Å². The second-order valence-corrected chi connectivity index (χ2v) is 24.7. The molecule has 90 heavy (non-hydrogen) atoms. The van der Waals surface area contributed by atoms with Crippen LogP contribution in [0.3, 0.4) is 0 Å². The third-order valence-corrected chi connectivity index (χ3v) is 20.1. The van der Waals surface area contributed by atoms with Crippen LogP contribution in [0.25, 0.3) is 97.7 Å². The second-order valence-electron chi connectivity index (χ2n) is 23.7. The van der Waals surface area contributed by atoms with Crippen LogP contribution in [-0.2, 0) is 0 Å². The number of anilines is 6. The summed E-state index contributed by atoms with van der Waals surface area (Å²) in [5, 5.41) is 4.82. The largest absolute Gasteiger partial charge is 0.454 e. The minimum atomic E-state index is -0.0935. The summed E-state index contributed by atoms with van der Waals surface area (Å²) in [6.07, 6.45) is 0. The Morgan fingerprint density at radius 1 is 0.244 bits per heavy atom. The van der Waals surface area contributed by atoms with E-state index < -0.39 is 0 Å². The molecule has 0 spiro atoms. The lowest BCUT2D eigenvalue weighted by molar-refractivity contribution is 0.669. The number of benzene rings is 14. The van der Waals surface area contributed by atoms with Crippen molar-refractivity contribution in [2.45, 2.75) is 0 Å². The summed E-state index contributed by atoms with van der Waals surface area (Å²) in [7, 11) is 0. The first-order chi connectivity index (χ1) is 44.7. The first kappa shape index (κ1) is 52.0. The maximum Gasteiger partial charge on any atom is 0.248 e. The van der Waals surface area contributed by atoms with E-state index in [4.69, 9.17) is 4.42 Å². The molecule has 0 N–H and O–H groups in total. The van der Waals surface area contributed by atoms with Gasteiger partial charge >= 0.3 is 0 Å². The highest BCUT2D eigenvalue weighted by Gasteiger charge is 2.40. The summed E-state index contributed by atoms with van der Waals surface area (Å²) >= 11 is 1.88. The number of hydrogen-bond acceptors (Lipinski definition) is 4. The topological polar surface area (TPSA) is 19.6 Å². The minimum Gasteiger partial charge on any atom is -0.454 e.